The van der Waals surface area contributed by atoms with Gasteiger partial charge in [-0.2, -0.15) is 0 Å². The highest BCUT2D eigenvalue weighted by molar-refractivity contribution is 5.85. The molecule has 0 aromatic heterocycles. The van der Waals surface area contributed by atoms with Crippen LogP contribution in [-0.4, -0.2) is 0 Å². The van der Waals surface area contributed by atoms with Crippen molar-refractivity contribution in [2.24, 2.45) is 23.2 Å². The van der Waals surface area contributed by atoms with Crippen LogP contribution in [0.25, 0.3) is 11.1 Å². The van der Waals surface area contributed by atoms with Crippen LogP contribution in [0.1, 0.15) is 120 Å². The van der Waals surface area contributed by atoms with Gasteiger partial charge in [-0.05, 0) is 179 Å². The molecule has 4 aliphatic carbocycles. The summed E-state index contributed by atoms with van der Waals surface area (Å²) in [5, 5.41) is 0. The van der Waals surface area contributed by atoms with Crippen molar-refractivity contribution < 1.29 is 0 Å². The molecule has 4 aliphatic rings. The highest BCUT2D eigenvalue weighted by Gasteiger charge is 2.44. The maximum absolute atomic E-state index is 2.52. The molecule has 3 saturated carbocycles. The van der Waals surface area contributed by atoms with Gasteiger partial charge >= 0.3 is 0 Å². The van der Waals surface area contributed by atoms with E-state index in [0.717, 1.165) is 30.6 Å². The van der Waals surface area contributed by atoms with Crippen molar-refractivity contribution in [1.82, 2.24) is 0 Å². The summed E-state index contributed by atoms with van der Waals surface area (Å²) in [6.45, 7) is 12.1. The summed E-state index contributed by atoms with van der Waals surface area (Å²) >= 11 is 0. The third kappa shape index (κ3) is 7.09. The molecule has 5 atom stereocenters. The minimum atomic E-state index is -0.0892. The Kier molecular flexibility index (Phi) is 10.2. The fourth-order valence-corrected chi connectivity index (χ4v) is 13.0. The molecule has 3 fully saturated rings. The summed E-state index contributed by atoms with van der Waals surface area (Å²) in [5.74, 6) is 3.14. The van der Waals surface area contributed by atoms with Gasteiger partial charge in [0.1, 0.15) is 0 Å². The summed E-state index contributed by atoms with van der Waals surface area (Å²) in [5.41, 5.74) is 17.2. The molecule has 64 heavy (non-hydrogen) atoms. The first kappa shape index (κ1) is 40.9. The summed E-state index contributed by atoms with van der Waals surface area (Å²) in [6, 6.07) is 67.0. The van der Waals surface area contributed by atoms with Crippen molar-refractivity contribution in [2.75, 3.05) is 9.80 Å². The normalized spacial score (nSPS) is 23.1. The first-order valence-corrected chi connectivity index (χ1v) is 24.3. The monoisotopic (exact) mass is 837 g/mol. The van der Waals surface area contributed by atoms with Crippen molar-refractivity contribution in [3.05, 3.63) is 204 Å². The number of anilines is 6. The van der Waals surface area contributed by atoms with Crippen LogP contribution in [-0.2, 0) is 10.8 Å². The Morgan fingerprint density at radius 1 is 0.484 bits per heavy atom. The van der Waals surface area contributed by atoms with Gasteiger partial charge in [-0.1, -0.05) is 151 Å². The second-order valence-corrected chi connectivity index (χ2v) is 21.5. The number of hydrogen-bond acceptors (Lipinski definition) is 2. The average Bonchev–Trinajstić information content (AvgIpc) is 4.03. The number of para-hydroxylation sites is 2. The van der Waals surface area contributed by atoms with Crippen molar-refractivity contribution in [3.63, 3.8) is 0 Å². The molecule has 2 bridgehead atoms. The molecule has 0 heterocycles. The van der Waals surface area contributed by atoms with E-state index in [1.807, 2.05) is 0 Å². The molecule has 0 amide bonds. The molecule has 0 N–H and O–H groups in total. The van der Waals surface area contributed by atoms with Gasteiger partial charge in [-0.25, -0.2) is 0 Å². The summed E-state index contributed by atoms with van der Waals surface area (Å²) in [7, 11) is 0. The number of fused-ring (bicyclic) bond motifs is 5. The fourth-order valence-electron chi connectivity index (χ4n) is 13.0. The molecular formula is C62H64N2. The van der Waals surface area contributed by atoms with Gasteiger partial charge in [-0.15, -0.1) is 0 Å². The van der Waals surface area contributed by atoms with E-state index in [2.05, 4.69) is 220 Å². The van der Waals surface area contributed by atoms with Crippen LogP contribution in [0.2, 0.25) is 0 Å². The Balaban J connectivity index is 0.990. The Morgan fingerprint density at radius 3 is 1.56 bits per heavy atom. The third-order valence-corrected chi connectivity index (χ3v) is 16.5. The zero-order valence-corrected chi connectivity index (χ0v) is 38.6. The second kappa shape index (κ2) is 16.0. The maximum Gasteiger partial charge on any atom is 0.0465 e. The van der Waals surface area contributed by atoms with Crippen molar-refractivity contribution in [2.45, 2.75) is 103 Å². The first-order chi connectivity index (χ1) is 31.1. The molecule has 7 aromatic rings. The zero-order chi connectivity index (χ0) is 43.6. The maximum atomic E-state index is 2.52. The lowest BCUT2D eigenvalue weighted by Crippen LogP contribution is -2.38. The Bertz CT molecular complexity index is 2700. The van der Waals surface area contributed by atoms with Gasteiger partial charge < -0.3 is 9.80 Å². The van der Waals surface area contributed by atoms with Crippen LogP contribution >= 0.6 is 0 Å². The smallest absolute Gasteiger partial charge is 0.0465 e. The lowest BCUT2D eigenvalue weighted by atomic mass is 9.58. The molecule has 322 valence electrons. The van der Waals surface area contributed by atoms with Crippen LogP contribution in [0.4, 0.5) is 34.1 Å². The van der Waals surface area contributed by atoms with Gasteiger partial charge in [0.15, 0.2) is 0 Å². The summed E-state index contributed by atoms with van der Waals surface area (Å²) in [4.78, 5) is 4.90. The quantitative estimate of drug-likeness (QED) is 0.143. The van der Waals surface area contributed by atoms with E-state index < -0.39 is 0 Å². The molecule has 5 unspecified atom stereocenters. The molecule has 2 nitrogen and oxygen atoms in total. The average molecular weight is 837 g/mol. The van der Waals surface area contributed by atoms with E-state index in [4.69, 9.17) is 0 Å². The van der Waals surface area contributed by atoms with E-state index in [1.165, 1.54) is 112 Å². The molecule has 0 radical (unpaired) electrons. The third-order valence-electron chi connectivity index (χ3n) is 16.5. The number of rotatable bonds is 9. The highest BCUT2D eigenvalue weighted by Crippen LogP contribution is 2.55. The van der Waals surface area contributed by atoms with E-state index in [0.29, 0.717) is 5.92 Å². The van der Waals surface area contributed by atoms with Gasteiger partial charge in [0, 0.05) is 45.0 Å². The topological polar surface area (TPSA) is 6.48 Å². The van der Waals surface area contributed by atoms with Crippen LogP contribution in [0, 0.1) is 23.2 Å². The molecule has 2 heteroatoms. The van der Waals surface area contributed by atoms with E-state index in [1.54, 1.807) is 0 Å². The zero-order valence-electron chi connectivity index (χ0n) is 38.6. The van der Waals surface area contributed by atoms with E-state index in [-0.39, 0.29) is 16.2 Å². The SMILES string of the molecule is CC1(C)c2ccccc2-c2ccc(N(c3ccc(C4CC5CCC4C5)cc3)c3ccc(C4(c5ccc(N(c6ccccc6)c6ccccc6)cc5)CCCC(C(C)(C)C)C4)cc3)cc21. The van der Waals surface area contributed by atoms with Gasteiger partial charge in [-0.3, -0.25) is 0 Å². The summed E-state index contributed by atoms with van der Waals surface area (Å²) in [6.07, 6.45) is 10.4. The summed E-state index contributed by atoms with van der Waals surface area (Å²) < 4.78 is 0. The minimum Gasteiger partial charge on any atom is -0.311 e. The van der Waals surface area contributed by atoms with Crippen molar-refractivity contribution in [1.29, 1.82) is 0 Å². The van der Waals surface area contributed by atoms with Crippen LogP contribution < -0.4 is 9.80 Å². The lowest BCUT2D eigenvalue weighted by molar-refractivity contribution is 0.137. The van der Waals surface area contributed by atoms with Crippen LogP contribution in [0.15, 0.2) is 176 Å². The standard InChI is InChI=1S/C62H64N2/c1-60(2,3)48-15-14-38-62(42-48,46-26-32-52(33-27-46)63(49-16-8-6-9-17-49)50-18-10-7-11-19-50)47-28-34-53(35-29-47)64(51-30-24-44(25-31-51)57-40-43-22-23-45(57)39-43)54-36-37-56-55-20-12-13-21-58(55)61(4,5)59(56)41-54/h6-13,16-21,24-37,41,43,45,48,57H,14-15,22-23,38-40,42H2,1-5H3. The Hall–Kier alpha value is -5.86. The Labute approximate surface area is 383 Å². The van der Waals surface area contributed by atoms with Gasteiger partial charge in [0.2, 0.25) is 0 Å². The lowest BCUT2D eigenvalue weighted by Gasteiger charge is -2.46. The molecular weight excluding hydrogens is 773 g/mol. The predicted octanol–water partition coefficient (Wildman–Crippen LogP) is 17.4. The number of nitrogens with zero attached hydrogens (tertiary/aromatic N) is 2. The molecule has 7 aromatic carbocycles. The number of benzene rings is 7. The van der Waals surface area contributed by atoms with Crippen LogP contribution in [0.3, 0.4) is 0 Å². The minimum absolute atomic E-state index is 0.0746. The fraction of sp³-hybridized carbons (Fsp3) is 0.323. The number of hydrogen-bond donors (Lipinski definition) is 0. The highest BCUT2D eigenvalue weighted by atomic mass is 15.1. The first-order valence-electron chi connectivity index (χ1n) is 24.3. The van der Waals surface area contributed by atoms with Crippen molar-refractivity contribution >= 4 is 34.1 Å². The Morgan fingerprint density at radius 2 is 1.00 bits per heavy atom. The van der Waals surface area contributed by atoms with Gasteiger partial charge in [0.25, 0.3) is 0 Å². The molecule has 0 spiro atoms. The molecule has 0 saturated heterocycles. The van der Waals surface area contributed by atoms with Crippen molar-refractivity contribution in [3.8, 4) is 11.1 Å². The largest absolute Gasteiger partial charge is 0.311 e. The molecule has 11 rings (SSSR count). The van der Waals surface area contributed by atoms with Gasteiger partial charge in [0.05, 0.1) is 0 Å². The second-order valence-electron chi connectivity index (χ2n) is 21.5. The van der Waals surface area contributed by atoms with E-state index in [9.17, 15) is 0 Å². The van der Waals surface area contributed by atoms with Crippen LogP contribution in [0.5, 0.6) is 0 Å². The van der Waals surface area contributed by atoms with E-state index >= 15 is 0 Å². The predicted molar refractivity (Wildman–Crippen MR) is 270 cm³/mol. The molecule has 0 aliphatic heterocycles.